The molecule has 0 aromatic rings. The lowest BCUT2D eigenvalue weighted by Gasteiger charge is -2.30. The van der Waals surface area contributed by atoms with Gasteiger partial charge in [0.1, 0.15) is 0 Å². The lowest BCUT2D eigenvalue weighted by Crippen LogP contribution is -2.40. The Balaban J connectivity index is 2.73. The van der Waals surface area contributed by atoms with Crippen LogP contribution in [0.2, 0.25) is 0 Å². The molecule has 0 aromatic carbocycles. The number of hydrogen-bond donors (Lipinski definition) is 0. The third-order valence-electron chi connectivity index (χ3n) is 2.30. The fourth-order valence-corrected chi connectivity index (χ4v) is 1.62. The normalized spacial score (nSPS) is 23.9. The average Bonchev–Trinajstić information content (AvgIpc) is 2.07. The monoisotopic (exact) mass is 141 g/mol. The van der Waals surface area contributed by atoms with Gasteiger partial charge < -0.3 is 4.90 Å². The number of nitrogens with zero attached hydrogens (tertiary/aromatic N) is 1. The first-order valence-electron chi connectivity index (χ1n) is 3.88. The van der Waals surface area contributed by atoms with Gasteiger partial charge in [-0.3, -0.25) is 4.79 Å². The van der Waals surface area contributed by atoms with Crippen LogP contribution in [0.3, 0.4) is 0 Å². The molecule has 0 spiro atoms. The predicted molar refractivity (Wildman–Crippen MR) is 40.7 cm³/mol. The summed E-state index contributed by atoms with van der Waals surface area (Å²) in [5.74, 6) is 0.313. The first kappa shape index (κ1) is 7.58. The summed E-state index contributed by atoms with van der Waals surface area (Å²) >= 11 is 0. The highest BCUT2D eigenvalue weighted by Gasteiger charge is 2.35. The topological polar surface area (TPSA) is 20.3 Å². The minimum absolute atomic E-state index is 0.117. The van der Waals surface area contributed by atoms with Gasteiger partial charge in [0.2, 0.25) is 5.91 Å². The van der Waals surface area contributed by atoms with Crippen molar-refractivity contribution >= 4 is 5.91 Å². The Morgan fingerprint density at radius 3 is 2.40 bits per heavy atom. The lowest BCUT2D eigenvalue weighted by atomic mass is 10.0. The minimum Gasteiger partial charge on any atom is -0.338 e. The highest BCUT2D eigenvalue weighted by atomic mass is 16.2. The van der Waals surface area contributed by atoms with Crippen LogP contribution in [0.4, 0.5) is 0 Å². The minimum atomic E-state index is 0.117. The zero-order valence-electron chi connectivity index (χ0n) is 6.98. The molecule has 0 N–H and O–H groups in total. The number of rotatable bonds is 1. The van der Waals surface area contributed by atoms with Crippen LogP contribution in [0.15, 0.2) is 0 Å². The number of carbonyl (C=O) groups is 1. The van der Waals surface area contributed by atoms with Crippen LogP contribution in [0.1, 0.15) is 33.6 Å². The van der Waals surface area contributed by atoms with Crippen molar-refractivity contribution in [3.8, 4) is 0 Å². The smallest absolute Gasteiger partial charge is 0.223 e. The lowest BCUT2D eigenvalue weighted by molar-refractivity contribution is -0.130. The van der Waals surface area contributed by atoms with Crippen molar-refractivity contribution in [3.63, 3.8) is 0 Å². The van der Waals surface area contributed by atoms with Gasteiger partial charge in [-0.25, -0.2) is 0 Å². The van der Waals surface area contributed by atoms with Gasteiger partial charge in [-0.2, -0.15) is 0 Å². The van der Waals surface area contributed by atoms with Crippen molar-refractivity contribution in [2.45, 2.75) is 39.2 Å². The first-order valence-corrected chi connectivity index (χ1v) is 3.88. The molecule has 0 aliphatic carbocycles. The quantitative estimate of drug-likeness (QED) is 0.540. The van der Waals surface area contributed by atoms with Gasteiger partial charge in [-0.1, -0.05) is 0 Å². The van der Waals surface area contributed by atoms with Crippen molar-refractivity contribution in [2.24, 2.45) is 0 Å². The van der Waals surface area contributed by atoms with Crippen molar-refractivity contribution in [1.29, 1.82) is 0 Å². The Kier molecular flexibility index (Phi) is 1.71. The second-order valence-electron chi connectivity index (χ2n) is 3.45. The molecule has 1 aliphatic heterocycles. The molecule has 10 heavy (non-hydrogen) atoms. The van der Waals surface area contributed by atoms with Gasteiger partial charge in [0.15, 0.2) is 0 Å². The standard InChI is InChI=1S/C8H15NO/c1-4-9-7(10)5-6-8(9,2)3/h4-6H2,1-3H3. The first-order chi connectivity index (χ1) is 4.58. The molecule has 0 aromatic heterocycles. The summed E-state index contributed by atoms with van der Waals surface area (Å²) in [5.41, 5.74) is 0.117. The zero-order valence-corrected chi connectivity index (χ0v) is 6.98. The third-order valence-corrected chi connectivity index (χ3v) is 2.30. The van der Waals surface area contributed by atoms with Gasteiger partial charge in [0.05, 0.1) is 0 Å². The van der Waals surface area contributed by atoms with Gasteiger partial charge in [-0.05, 0) is 27.2 Å². The van der Waals surface area contributed by atoms with Crippen LogP contribution in [0.25, 0.3) is 0 Å². The maximum atomic E-state index is 11.1. The van der Waals surface area contributed by atoms with Crippen LogP contribution in [-0.4, -0.2) is 22.9 Å². The zero-order chi connectivity index (χ0) is 7.78. The Bertz CT molecular complexity index is 151. The summed E-state index contributed by atoms with van der Waals surface area (Å²) in [5, 5.41) is 0. The second kappa shape index (κ2) is 2.26. The summed E-state index contributed by atoms with van der Waals surface area (Å²) < 4.78 is 0. The second-order valence-corrected chi connectivity index (χ2v) is 3.45. The number of carbonyl (C=O) groups excluding carboxylic acids is 1. The summed E-state index contributed by atoms with van der Waals surface area (Å²) in [6, 6.07) is 0. The van der Waals surface area contributed by atoms with Crippen molar-refractivity contribution in [1.82, 2.24) is 4.90 Å². The van der Waals surface area contributed by atoms with Crippen LogP contribution in [0, 0.1) is 0 Å². The maximum Gasteiger partial charge on any atom is 0.223 e. The molecule has 1 rings (SSSR count). The van der Waals surface area contributed by atoms with E-state index in [1.807, 2.05) is 11.8 Å². The van der Waals surface area contributed by atoms with Crippen molar-refractivity contribution in [2.75, 3.05) is 6.54 Å². The van der Waals surface area contributed by atoms with E-state index in [2.05, 4.69) is 13.8 Å². The van der Waals surface area contributed by atoms with Crippen molar-refractivity contribution in [3.05, 3.63) is 0 Å². The molecule has 1 amide bonds. The van der Waals surface area contributed by atoms with E-state index < -0.39 is 0 Å². The molecule has 0 unspecified atom stereocenters. The van der Waals surface area contributed by atoms with E-state index in [4.69, 9.17) is 0 Å². The molecule has 1 aliphatic rings. The molecule has 2 nitrogen and oxygen atoms in total. The summed E-state index contributed by atoms with van der Waals surface area (Å²) in [7, 11) is 0. The molecule has 1 saturated heterocycles. The maximum absolute atomic E-state index is 11.1. The molecule has 0 atom stereocenters. The van der Waals surface area contributed by atoms with Gasteiger partial charge in [0.25, 0.3) is 0 Å². The molecule has 58 valence electrons. The third kappa shape index (κ3) is 1.02. The highest BCUT2D eigenvalue weighted by Crippen LogP contribution is 2.28. The number of amides is 1. The Hall–Kier alpha value is -0.530. The molecule has 2 heteroatoms. The van der Waals surface area contributed by atoms with E-state index in [0.717, 1.165) is 19.4 Å². The number of hydrogen-bond acceptors (Lipinski definition) is 1. The van der Waals surface area contributed by atoms with Gasteiger partial charge in [0, 0.05) is 18.5 Å². The van der Waals surface area contributed by atoms with E-state index in [-0.39, 0.29) is 5.54 Å². The molecule has 1 heterocycles. The summed E-state index contributed by atoms with van der Waals surface area (Å²) in [6.45, 7) is 7.14. The van der Waals surface area contributed by atoms with Crippen LogP contribution in [0.5, 0.6) is 0 Å². The van der Waals surface area contributed by atoms with E-state index in [9.17, 15) is 4.79 Å². The van der Waals surface area contributed by atoms with E-state index in [0.29, 0.717) is 5.91 Å². The Morgan fingerprint density at radius 2 is 2.20 bits per heavy atom. The Labute approximate surface area is 62.2 Å². The molecular formula is C8H15NO. The molecule has 0 radical (unpaired) electrons. The molecule has 1 fully saturated rings. The highest BCUT2D eigenvalue weighted by molar-refractivity contribution is 5.79. The van der Waals surface area contributed by atoms with Crippen molar-refractivity contribution < 1.29 is 4.79 Å². The van der Waals surface area contributed by atoms with Crippen LogP contribution in [-0.2, 0) is 4.79 Å². The number of likely N-dealkylation sites (tertiary alicyclic amines) is 1. The Morgan fingerprint density at radius 1 is 1.60 bits per heavy atom. The van der Waals surface area contributed by atoms with Crippen LogP contribution >= 0.6 is 0 Å². The molecular weight excluding hydrogens is 126 g/mol. The van der Waals surface area contributed by atoms with E-state index in [1.165, 1.54) is 0 Å². The largest absolute Gasteiger partial charge is 0.338 e. The fourth-order valence-electron chi connectivity index (χ4n) is 1.62. The van der Waals surface area contributed by atoms with Gasteiger partial charge in [-0.15, -0.1) is 0 Å². The molecule has 0 bridgehead atoms. The van der Waals surface area contributed by atoms with Crippen LogP contribution < -0.4 is 0 Å². The van der Waals surface area contributed by atoms with E-state index in [1.54, 1.807) is 0 Å². The van der Waals surface area contributed by atoms with E-state index >= 15 is 0 Å². The fraction of sp³-hybridized carbons (Fsp3) is 0.875. The summed E-state index contributed by atoms with van der Waals surface area (Å²) in [6.07, 6.45) is 1.75. The predicted octanol–water partition coefficient (Wildman–Crippen LogP) is 1.41. The SMILES string of the molecule is CCN1C(=O)CCC1(C)C. The average molecular weight is 141 g/mol. The summed E-state index contributed by atoms with van der Waals surface area (Å²) in [4.78, 5) is 13.1. The molecule has 0 saturated carbocycles. The van der Waals surface area contributed by atoms with Gasteiger partial charge >= 0.3 is 0 Å².